The van der Waals surface area contributed by atoms with Crippen LogP contribution in [0.1, 0.15) is 25.7 Å². The van der Waals surface area contributed by atoms with Crippen LogP contribution in [0.25, 0.3) is 0 Å². The standard InChI is InChI=1S/C14H18BNO4/c1-3-4-5-6-7-8-9-10-15-19-13(17)11-16(2)12-14(18)20-15/h1H,4-7,10-12H2,2H3. The molecule has 6 heteroatoms. The van der Waals surface area contributed by atoms with Gasteiger partial charge >= 0.3 is 19.1 Å². The van der Waals surface area contributed by atoms with Gasteiger partial charge < -0.3 is 9.31 Å². The number of terminal acetylenes is 1. The lowest BCUT2D eigenvalue weighted by molar-refractivity contribution is -0.145. The fraction of sp³-hybridized carbons (Fsp3) is 0.571. The van der Waals surface area contributed by atoms with Crippen molar-refractivity contribution in [1.82, 2.24) is 4.90 Å². The van der Waals surface area contributed by atoms with Gasteiger partial charge in [0.2, 0.25) is 0 Å². The average Bonchev–Trinajstić information content (AvgIpc) is 2.35. The molecular weight excluding hydrogens is 257 g/mol. The zero-order valence-electron chi connectivity index (χ0n) is 11.7. The Morgan fingerprint density at radius 1 is 1.15 bits per heavy atom. The second-order valence-corrected chi connectivity index (χ2v) is 4.55. The third kappa shape index (κ3) is 6.87. The summed E-state index contributed by atoms with van der Waals surface area (Å²) in [5.41, 5.74) is 0. The van der Waals surface area contributed by atoms with E-state index in [1.807, 2.05) is 0 Å². The van der Waals surface area contributed by atoms with Crippen molar-refractivity contribution in [3.05, 3.63) is 0 Å². The van der Waals surface area contributed by atoms with Crippen molar-refractivity contribution in [1.29, 1.82) is 0 Å². The summed E-state index contributed by atoms with van der Waals surface area (Å²) in [5, 5.41) is 0. The Labute approximate surface area is 120 Å². The summed E-state index contributed by atoms with van der Waals surface area (Å²) in [5.74, 6) is 7.55. The van der Waals surface area contributed by atoms with E-state index in [-0.39, 0.29) is 19.4 Å². The van der Waals surface area contributed by atoms with Gasteiger partial charge in [-0.3, -0.25) is 14.5 Å². The SMILES string of the molecule is C#CCCCCC#CCB1OC(=O)CN(C)CC(=O)O1. The zero-order valence-corrected chi connectivity index (χ0v) is 11.7. The van der Waals surface area contributed by atoms with E-state index in [2.05, 4.69) is 17.8 Å². The Bertz CT molecular complexity index is 426. The minimum absolute atomic E-state index is 0.0745. The Morgan fingerprint density at radius 2 is 1.75 bits per heavy atom. The first-order valence-electron chi connectivity index (χ1n) is 6.58. The monoisotopic (exact) mass is 275 g/mol. The molecule has 1 fully saturated rings. The molecule has 0 atom stereocenters. The minimum Gasteiger partial charge on any atom is -0.498 e. The van der Waals surface area contributed by atoms with E-state index in [1.165, 1.54) is 4.90 Å². The van der Waals surface area contributed by atoms with Crippen LogP contribution in [0.2, 0.25) is 6.32 Å². The first-order valence-corrected chi connectivity index (χ1v) is 6.58. The Balaban J connectivity index is 2.34. The largest absolute Gasteiger partial charge is 0.611 e. The first kappa shape index (κ1) is 16.1. The molecule has 0 unspecified atom stereocenters. The van der Waals surface area contributed by atoms with Gasteiger partial charge in [0.1, 0.15) is 0 Å². The quantitative estimate of drug-likeness (QED) is 0.429. The average molecular weight is 275 g/mol. The number of nitrogens with zero attached hydrogens (tertiary/aromatic N) is 1. The Hall–Kier alpha value is -1.92. The highest BCUT2D eigenvalue weighted by Crippen LogP contribution is 2.04. The zero-order chi connectivity index (χ0) is 14.8. The summed E-state index contributed by atoms with van der Waals surface area (Å²) in [4.78, 5) is 24.4. The Morgan fingerprint density at radius 3 is 2.35 bits per heavy atom. The van der Waals surface area contributed by atoms with E-state index in [9.17, 15) is 9.59 Å². The molecule has 1 heterocycles. The van der Waals surface area contributed by atoms with Gasteiger partial charge in [0.05, 0.1) is 19.4 Å². The van der Waals surface area contributed by atoms with Crippen molar-refractivity contribution in [2.75, 3.05) is 20.1 Å². The molecule has 1 saturated heterocycles. The van der Waals surface area contributed by atoms with E-state index in [1.54, 1.807) is 7.05 Å². The molecule has 1 rings (SSSR count). The lowest BCUT2D eigenvalue weighted by Crippen LogP contribution is -2.42. The molecular formula is C14H18BNO4. The molecule has 1 aliphatic rings. The summed E-state index contributed by atoms with van der Waals surface area (Å²) in [6.07, 6.45) is 8.73. The number of unbranched alkanes of at least 4 members (excludes halogenated alkanes) is 3. The van der Waals surface area contributed by atoms with Crippen LogP contribution in [-0.4, -0.2) is 44.1 Å². The normalized spacial score (nSPS) is 16.1. The van der Waals surface area contributed by atoms with Gasteiger partial charge in [0.15, 0.2) is 0 Å². The number of carbonyl (C=O) groups excluding carboxylic acids is 2. The number of likely N-dealkylation sites (N-methyl/N-ethyl adjacent to an activating group) is 1. The van der Waals surface area contributed by atoms with Crippen molar-refractivity contribution >= 4 is 19.1 Å². The first-order chi connectivity index (χ1) is 9.61. The highest BCUT2D eigenvalue weighted by Gasteiger charge is 2.30. The fourth-order valence-electron chi connectivity index (χ4n) is 1.66. The molecule has 0 amide bonds. The van der Waals surface area contributed by atoms with Gasteiger partial charge in [-0.2, -0.15) is 0 Å². The number of hydrogen-bond donors (Lipinski definition) is 0. The van der Waals surface area contributed by atoms with Crippen LogP contribution in [0.5, 0.6) is 0 Å². The summed E-state index contributed by atoms with van der Waals surface area (Å²) in [6.45, 7) is 0.149. The van der Waals surface area contributed by atoms with Crippen LogP contribution >= 0.6 is 0 Å². The number of rotatable bonds is 4. The summed E-state index contributed by atoms with van der Waals surface area (Å²) in [7, 11) is 0.751. The molecule has 0 saturated carbocycles. The predicted octanol–water partition coefficient (Wildman–Crippen LogP) is 0.703. The summed E-state index contributed by atoms with van der Waals surface area (Å²) >= 11 is 0. The van der Waals surface area contributed by atoms with Crippen molar-refractivity contribution in [2.24, 2.45) is 0 Å². The molecule has 0 bridgehead atoms. The summed E-state index contributed by atoms with van der Waals surface area (Å²) < 4.78 is 10.0. The van der Waals surface area contributed by atoms with Gasteiger partial charge in [-0.1, -0.05) is 0 Å². The van der Waals surface area contributed by atoms with E-state index >= 15 is 0 Å². The van der Waals surface area contributed by atoms with E-state index < -0.39 is 19.1 Å². The van der Waals surface area contributed by atoms with Crippen molar-refractivity contribution in [3.63, 3.8) is 0 Å². The number of hydrogen-bond acceptors (Lipinski definition) is 5. The second-order valence-electron chi connectivity index (χ2n) is 4.55. The van der Waals surface area contributed by atoms with E-state index in [0.29, 0.717) is 0 Å². The molecule has 0 aromatic rings. The molecule has 20 heavy (non-hydrogen) atoms. The molecule has 0 N–H and O–H groups in total. The van der Waals surface area contributed by atoms with Crippen LogP contribution in [0, 0.1) is 24.2 Å². The van der Waals surface area contributed by atoms with Crippen LogP contribution in [-0.2, 0) is 18.9 Å². The topological polar surface area (TPSA) is 55.8 Å². The van der Waals surface area contributed by atoms with Crippen LogP contribution in [0.15, 0.2) is 0 Å². The van der Waals surface area contributed by atoms with Crippen LogP contribution < -0.4 is 0 Å². The maximum absolute atomic E-state index is 11.4. The molecule has 0 aliphatic carbocycles. The fourth-order valence-corrected chi connectivity index (χ4v) is 1.66. The Kier molecular flexibility index (Phi) is 7.31. The molecule has 0 aromatic carbocycles. The minimum atomic E-state index is -0.901. The van der Waals surface area contributed by atoms with Gasteiger partial charge in [-0.05, 0) is 19.9 Å². The van der Waals surface area contributed by atoms with Gasteiger partial charge in [-0.15, -0.1) is 24.2 Å². The van der Waals surface area contributed by atoms with Crippen LogP contribution in [0.4, 0.5) is 0 Å². The van der Waals surface area contributed by atoms with Gasteiger partial charge in [-0.25, -0.2) is 0 Å². The van der Waals surface area contributed by atoms with Gasteiger partial charge in [0, 0.05) is 12.8 Å². The van der Waals surface area contributed by atoms with Crippen molar-refractivity contribution in [3.8, 4) is 24.2 Å². The smallest absolute Gasteiger partial charge is 0.498 e. The second kappa shape index (κ2) is 9.06. The highest BCUT2D eigenvalue weighted by atomic mass is 16.6. The van der Waals surface area contributed by atoms with E-state index in [0.717, 1.165) is 25.7 Å². The molecule has 0 radical (unpaired) electrons. The maximum Gasteiger partial charge on any atom is 0.611 e. The molecule has 0 aromatic heterocycles. The molecule has 5 nitrogen and oxygen atoms in total. The highest BCUT2D eigenvalue weighted by molar-refractivity contribution is 6.50. The molecule has 0 spiro atoms. The van der Waals surface area contributed by atoms with Crippen LogP contribution in [0.3, 0.4) is 0 Å². The van der Waals surface area contributed by atoms with Gasteiger partial charge in [0.25, 0.3) is 0 Å². The third-order valence-corrected chi connectivity index (χ3v) is 2.59. The lowest BCUT2D eigenvalue weighted by Gasteiger charge is -2.21. The lowest BCUT2D eigenvalue weighted by atomic mass is 9.84. The summed E-state index contributed by atoms with van der Waals surface area (Å²) in [6, 6.07) is 0. The number of carbonyl (C=O) groups is 2. The maximum atomic E-state index is 11.4. The predicted molar refractivity (Wildman–Crippen MR) is 75.3 cm³/mol. The van der Waals surface area contributed by atoms with E-state index in [4.69, 9.17) is 15.7 Å². The molecule has 106 valence electrons. The van der Waals surface area contributed by atoms with Crippen molar-refractivity contribution < 1.29 is 18.9 Å². The molecule has 1 aliphatic heterocycles. The van der Waals surface area contributed by atoms with Crippen molar-refractivity contribution in [2.45, 2.75) is 32.0 Å². The third-order valence-electron chi connectivity index (χ3n) is 2.59.